The number of pyridine rings is 1. The van der Waals surface area contributed by atoms with Gasteiger partial charge in [-0.25, -0.2) is 19.3 Å². The van der Waals surface area contributed by atoms with Crippen LogP contribution in [0.25, 0.3) is 27.8 Å². The highest BCUT2D eigenvalue weighted by Gasteiger charge is 2.43. The number of benzene rings is 1. The number of nitrogens with zero attached hydrogens (tertiary/aromatic N) is 7. The number of hydrogen-bond acceptors (Lipinski definition) is 7. The Labute approximate surface area is 219 Å². The van der Waals surface area contributed by atoms with Crippen molar-refractivity contribution in [1.29, 1.82) is 0 Å². The first-order valence-corrected chi connectivity index (χ1v) is 12.7. The van der Waals surface area contributed by atoms with Gasteiger partial charge in [-0.15, -0.1) is 6.58 Å². The van der Waals surface area contributed by atoms with Gasteiger partial charge >= 0.3 is 0 Å². The molecular weight excluding hydrogens is 480 g/mol. The van der Waals surface area contributed by atoms with E-state index in [0.717, 1.165) is 29.7 Å². The minimum absolute atomic E-state index is 0.232. The minimum Gasteiger partial charge on any atom is -0.384 e. The second-order valence-corrected chi connectivity index (χ2v) is 10.0. The van der Waals surface area contributed by atoms with Crippen LogP contribution in [0.3, 0.4) is 0 Å². The van der Waals surface area contributed by atoms with Crippen LogP contribution in [0.15, 0.2) is 72.3 Å². The number of aromatic nitrogens is 6. The Kier molecular flexibility index (Phi) is 5.85. The molecule has 0 radical (unpaired) electrons. The van der Waals surface area contributed by atoms with Crippen LogP contribution in [-0.2, 0) is 18.7 Å². The zero-order valence-electron chi connectivity index (χ0n) is 21.5. The van der Waals surface area contributed by atoms with E-state index in [1.165, 1.54) is 10.9 Å². The Morgan fingerprint density at radius 3 is 2.79 bits per heavy atom. The molecule has 1 aliphatic carbocycles. The molecule has 0 atom stereocenters. The standard InChI is InChI=1S/C28H30N8O2/c1-4-13-35-26(37)21-18-29-27(30-20-8-9-22-19(17-20)10-14-34(22)16-15-33(2)3)32-25(21)36(35)24-7-5-6-23(31-24)28(38)11-12-28/h4-10,14,17-18,38H,1,11-13,15-16H2,2-3H3,(H,29,30,32). The SMILES string of the molecule is C=CCn1c(=O)c2cnc(Nc3ccc4c(ccn4CCN(C)C)c3)nc2n1-c1cccc(C2(O)CC2)n1. The van der Waals surface area contributed by atoms with Gasteiger partial charge in [0.05, 0.1) is 12.2 Å². The third-order valence-electron chi connectivity index (χ3n) is 6.94. The van der Waals surface area contributed by atoms with Crippen molar-refractivity contribution in [2.45, 2.75) is 31.5 Å². The molecule has 194 valence electrons. The van der Waals surface area contributed by atoms with Gasteiger partial charge in [0, 0.05) is 42.1 Å². The molecule has 10 heteroatoms. The summed E-state index contributed by atoms with van der Waals surface area (Å²) >= 11 is 0. The van der Waals surface area contributed by atoms with E-state index < -0.39 is 5.60 Å². The molecule has 1 aromatic carbocycles. The lowest BCUT2D eigenvalue weighted by molar-refractivity contribution is 0.146. The van der Waals surface area contributed by atoms with Gasteiger partial charge in [-0.2, -0.15) is 4.98 Å². The Balaban J connectivity index is 1.38. The molecule has 0 amide bonds. The second-order valence-electron chi connectivity index (χ2n) is 10.0. The summed E-state index contributed by atoms with van der Waals surface area (Å²) in [4.78, 5) is 29.2. The Hall–Kier alpha value is -4.28. The summed E-state index contributed by atoms with van der Waals surface area (Å²) in [6.07, 6.45) is 6.64. The van der Waals surface area contributed by atoms with Gasteiger partial charge in [-0.1, -0.05) is 12.1 Å². The number of hydrogen-bond donors (Lipinski definition) is 2. The fourth-order valence-electron chi connectivity index (χ4n) is 4.69. The molecular formula is C28H30N8O2. The zero-order valence-corrected chi connectivity index (χ0v) is 21.5. The third-order valence-corrected chi connectivity index (χ3v) is 6.94. The maximum Gasteiger partial charge on any atom is 0.278 e. The van der Waals surface area contributed by atoms with Crippen LogP contribution >= 0.6 is 0 Å². The maximum atomic E-state index is 13.2. The van der Waals surface area contributed by atoms with Crippen LogP contribution in [0.4, 0.5) is 11.6 Å². The molecule has 0 bridgehead atoms. The van der Waals surface area contributed by atoms with E-state index in [1.807, 2.05) is 18.2 Å². The van der Waals surface area contributed by atoms with E-state index >= 15 is 0 Å². The summed E-state index contributed by atoms with van der Waals surface area (Å²) < 4.78 is 5.44. The average molecular weight is 511 g/mol. The van der Waals surface area contributed by atoms with E-state index in [4.69, 9.17) is 9.97 Å². The lowest BCUT2D eigenvalue weighted by Crippen LogP contribution is -2.22. The molecule has 5 aromatic rings. The van der Waals surface area contributed by atoms with Crippen LogP contribution in [0.2, 0.25) is 0 Å². The molecule has 0 spiro atoms. The van der Waals surface area contributed by atoms with Crippen molar-refractivity contribution in [3.63, 3.8) is 0 Å². The Bertz CT molecular complexity index is 1720. The second kappa shape index (κ2) is 9.23. The predicted octanol–water partition coefficient (Wildman–Crippen LogP) is 3.40. The monoisotopic (exact) mass is 510 g/mol. The largest absolute Gasteiger partial charge is 0.384 e. The van der Waals surface area contributed by atoms with Crippen molar-refractivity contribution < 1.29 is 5.11 Å². The quantitative estimate of drug-likeness (QED) is 0.293. The number of likely N-dealkylation sites (N-methyl/N-ethyl adjacent to an activating group) is 1. The summed E-state index contributed by atoms with van der Waals surface area (Å²) in [6.45, 7) is 5.95. The van der Waals surface area contributed by atoms with E-state index in [0.29, 0.717) is 41.3 Å². The number of aliphatic hydroxyl groups is 1. The van der Waals surface area contributed by atoms with Gasteiger partial charge in [0.2, 0.25) is 5.95 Å². The van der Waals surface area contributed by atoms with E-state index in [-0.39, 0.29) is 12.1 Å². The summed E-state index contributed by atoms with van der Waals surface area (Å²) in [6, 6.07) is 13.7. The molecule has 1 fully saturated rings. The maximum absolute atomic E-state index is 13.2. The third kappa shape index (κ3) is 4.27. The number of anilines is 2. The molecule has 2 N–H and O–H groups in total. The number of rotatable bonds is 9. The van der Waals surface area contributed by atoms with Crippen molar-refractivity contribution in [3.05, 3.63) is 83.6 Å². The molecule has 0 unspecified atom stereocenters. The minimum atomic E-state index is -0.895. The topological polar surface area (TPSA) is 106 Å². The van der Waals surface area contributed by atoms with Crippen molar-refractivity contribution in [3.8, 4) is 5.82 Å². The summed E-state index contributed by atoms with van der Waals surface area (Å²) in [5.41, 5.74) is 1.90. The highest BCUT2D eigenvalue weighted by molar-refractivity contribution is 5.85. The lowest BCUT2D eigenvalue weighted by Gasteiger charge is -2.13. The van der Waals surface area contributed by atoms with E-state index in [2.05, 4.69) is 64.8 Å². The van der Waals surface area contributed by atoms with Crippen molar-refractivity contribution >= 4 is 33.6 Å². The molecule has 1 aliphatic rings. The molecule has 38 heavy (non-hydrogen) atoms. The van der Waals surface area contributed by atoms with Crippen LogP contribution < -0.4 is 10.9 Å². The van der Waals surface area contributed by atoms with Gasteiger partial charge in [0.1, 0.15) is 11.0 Å². The van der Waals surface area contributed by atoms with Gasteiger partial charge < -0.3 is 19.9 Å². The fraction of sp³-hybridized carbons (Fsp3) is 0.286. The summed E-state index contributed by atoms with van der Waals surface area (Å²) in [7, 11) is 4.14. The van der Waals surface area contributed by atoms with Crippen molar-refractivity contribution in [2.24, 2.45) is 0 Å². The first-order valence-electron chi connectivity index (χ1n) is 12.7. The molecule has 4 heterocycles. The van der Waals surface area contributed by atoms with Crippen LogP contribution in [-0.4, -0.2) is 59.5 Å². The molecule has 0 aliphatic heterocycles. The average Bonchev–Trinajstić information content (AvgIpc) is 3.44. The van der Waals surface area contributed by atoms with Gasteiger partial charge in [-0.3, -0.25) is 4.79 Å². The lowest BCUT2D eigenvalue weighted by atomic mass is 10.2. The normalized spacial score (nSPS) is 14.4. The van der Waals surface area contributed by atoms with E-state index in [9.17, 15) is 9.90 Å². The first kappa shape index (κ1) is 24.1. The molecule has 1 saturated carbocycles. The summed E-state index contributed by atoms with van der Waals surface area (Å²) in [5, 5.41) is 15.4. The molecule has 10 nitrogen and oxygen atoms in total. The van der Waals surface area contributed by atoms with Crippen molar-refractivity contribution in [2.75, 3.05) is 26.0 Å². The predicted molar refractivity (Wildman–Crippen MR) is 148 cm³/mol. The molecule has 6 rings (SSSR count). The van der Waals surface area contributed by atoms with Gasteiger partial charge in [-0.05, 0) is 63.3 Å². The fourth-order valence-corrected chi connectivity index (χ4v) is 4.69. The molecule has 4 aromatic heterocycles. The first-order chi connectivity index (χ1) is 18.4. The highest BCUT2D eigenvalue weighted by atomic mass is 16.3. The Morgan fingerprint density at radius 2 is 2.03 bits per heavy atom. The van der Waals surface area contributed by atoms with Crippen LogP contribution in [0, 0.1) is 0 Å². The van der Waals surface area contributed by atoms with Gasteiger partial charge in [0.15, 0.2) is 11.5 Å². The van der Waals surface area contributed by atoms with Crippen LogP contribution in [0.5, 0.6) is 0 Å². The van der Waals surface area contributed by atoms with Crippen molar-refractivity contribution in [1.82, 2.24) is 33.8 Å². The number of fused-ring (bicyclic) bond motifs is 2. The smallest absolute Gasteiger partial charge is 0.278 e. The van der Waals surface area contributed by atoms with E-state index in [1.54, 1.807) is 16.8 Å². The highest BCUT2D eigenvalue weighted by Crippen LogP contribution is 2.44. The van der Waals surface area contributed by atoms with Crippen LogP contribution in [0.1, 0.15) is 18.5 Å². The molecule has 0 saturated heterocycles. The number of nitrogens with one attached hydrogen (secondary N) is 1. The number of allylic oxidation sites excluding steroid dienone is 1. The summed E-state index contributed by atoms with van der Waals surface area (Å²) in [5.74, 6) is 0.868. The van der Waals surface area contributed by atoms with Gasteiger partial charge in [0.25, 0.3) is 5.56 Å². The zero-order chi connectivity index (χ0) is 26.4. The Morgan fingerprint density at radius 1 is 1.18 bits per heavy atom.